The van der Waals surface area contributed by atoms with Crippen molar-refractivity contribution in [1.82, 2.24) is 9.55 Å². The molecule has 21 heavy (non-hydrogen) atoms. The quantitative estimate of drug-likeness (QED) is 0.724. The Morgan fingerprint density at radius 3 is 2.43 bits per heavy atom. The number of nitrogen functional groups attached to an aromatic ring is 1. The van der Waals surface area contributed by atoms with Gasteiger partial charge in [0.25, 0.3) is 10.0 Å². The third-order valence-electron chi connectivity index (χ3n) is 3.20. The van der Waals surface area contributed by atoms with Crippen LogP contribution in [0, 0.1) is 0 Å². The summed E-state index contributed by atoms with van der Waals surface area (Å²) in [5.41, 5.74) is 7.66. The van der Waals surface area contributed by atoms with Crippen LogP contribution in [0.3, 0.4) is 0 Å². The smallest absolute Gasteiger partial charge is 0.264 e. The first-order chi connectivity index (χ1) is 9.97. The van der Waals surface area contributed by atoms with Crippen molar-refractivity contribution in [2.75, 3.05) is 10.5 Å². The van der Waals surface area contributed by atoms with E-state index in [-0.39, 0.29) is 10.8 Å². The van der Waals surface area contributed by atoms with Gasteiger partial charge in [0.15, 0.2) is 0 Å². The fourth-order valence-corrected chi connectivity index (χ4v) is 3.10. The highest BCUT2D eigenvalue weighted by molar-refractivity contribution is 7.92. The van der Waals surface area contributed by atoms with Crippen LogP contribution in [0.4, 0.5) is 11.6 Å². The van der Waals surface area contributed by atoms with Crippen LogP contribution in [-0.4, -0.2) is 18.0 Å². The first-order valence-electron chi connectivity index (χ1n) is 6.27. The fraction of sp³-hybridized carbons (Fsp3) is 0.0714. The van der Waals surface area contributed by atoms with Gasteiger partial charge >= 0.3 is 0 Å². The molecule has 0 spiro atoms. The number of fused-ring (bicyclic) bond motifs is 1. The van der Waals surface area contributed by atoms with E-state index in [4.69, 9.17) is 5.73 Å². The first kappa shape index (κ1) is 13.4. The molecule has 0 atom stereocenters. The lowest BCUT2D eigenvalue weighted by Gasteiger charge is -2.08. The van der Waals surface area contributed by atoms with E-state index in [9.17, 15) is 8.42 Å². The molecule has 2 aromatic carbocycles. The molecular weight excluding hydrogens is 288 g/mol. The van der Waals surface area contributed by atoms with Crippen molar-refractivity contribution >= 4 is 32.7 Å². The van der Waals surface area contributed by atoms with Crippen LogP contribution in [-0.2, 0) is 17.1 Å². The maximum Gasteiger partial charge on any atom is 0.264 e. The van der Waals surface area contributed by atoms with Crippen LogP contribution in [0.1, 0.15) is 0 Å². The topological polar surface area (TPSA) is 90.0 Å². The van der Waals surface area contributed by atoms with E-state index < -0.39 is 10.0 Å². The van der Waals surface area contributed by atoms with E-state index in [1.54, 1.807) is 23.7 Å². The fourth-order valence-electron chi connectivity index (χ4n) is 2.06. The second-order valence-corrected chi connectivity index (χ2v) is 6.34. The number of aromatic nitrogens is 2. The van der Waals surface area contributed by atoms with Crippen LogP contribution in [0.2, 0.25) is 0 Å². The largest absolute Gasteiger partial charge is 0.399 e. The average molecular weight is 302 g/mol. The summed E-state index contributed by atoms with van der Waals surface area (Å²) in [6.45, 7) is 0. The van der Waals surface area contributed by atoms with Gasteiger partial charge in [0.05, 0.1) is 15.9 Å². The lowest BCUT2D eigenvalue weighted by atomic mass is 10.3. The van der Waals surface area contributed by atoms with Gasteiger partial charge in [-0.2, -0.15) is 0 Å². The summed E-state index contributed by atoms with van der Waals surface area (Å²) in [5.74, 6) is 0.271. The number of rotatable bonds is 3. The molecule has 0 aliphatic rings. The second-order valence-electron chi connectivity index (χ2n) is 4.66. The lowest BCUT2D eigenvalue weighted by Crippen LogP contribution is -2.15. The highest BCUT2D eigenvalue weighted by Crippen LogP contribution is 2.21. The van der Waals surface area contributed by atoms with Gasteiger partial charge in [0.2, 0.25) is 5.95 Å². The Morgan fingerprint density at radius 1 is 1.10 bits per heavy atom. The van der Waals surface area contributed by atoms with Crippen molar-refractivity contribution < 1.29 is 8.42 Å². The molecule has 0 radical (unpaired) electrons. The van der Waals surface area contributed by atoms with E-state index in [2.05, 4.69) is 9.71 Å². The number of hydrogen-bond donors (Lipinski definition) is 2. The molecule has 1 heterocycles. The standard InChI is InChI=1S/C14H14N4O2S/c1-18-13-5-3-2-4-12(13)16-14(18)17-21(19,20)11-8-6-10(15)7-9-11/h2-9H,15H2,1H3,(H,16,17). The number of sulfonamides is 1. The number of nitrogens with two attached hydrogens (primary N) is 1. The zero-order chi connectivity index (χ0) is 15.0. The molecule has 3 N–H and O–H groups in total. The third kappa shape index (κ3) is 2.43. The van der Waals surface area contributed by atoms with E-state index in [1.165, 1.54) is 12.1 Å². The number of benzene rings is 2. The number of aryl methyl sites for hydroxylation is 1. The summed E-state index contributed by atoms with van der Waals surface area (Å²) in [6.07, 6.45) is 0. The number of hydrogen-bond acceptors (Lipinski definition) is 4. The summed E-state index contributed by atoms with van der Waals surface area (Å²) < 4.78 is 28.9. The molecule has 108 valence electrons. The SMILES string of the molecule is Cn1c(NS(=O)(=O)c2ccc(N)cc2)nc2ccccc21. The Hall–Kier alpha value is -2.54. The predicted molar refractivity (Wildman–Crippen MR) is 82.4 cm³/mol. The minimum absolute atomic E-state index is 0.142. The Bertz CT molecular complexity index is 898. The predicted octanol–water partition coefficient (Wildman–Crippen LogP) is 1.96. The van der Waals surface area contributed by atoms with Crippen molar-refractivity contribution in [1.29, 1.82) is 0 Å². The van der Waals surface area contributed by atoms with E-state index in [0.29, 0.717) is 5.69 Å². The van der Waals surface area contributed by atoms with Crippen molar-refractivity contribution in [3.63, 3.8) is 0 Å². The zero-order valence-corrected chi connectivity index (χ0v) is 12.1. The molecule has 7 heteroatoms. The van der Waals surface area contributed by atoms with Gasteiger partial charge in [0, 0.05) is 12.7 Å². The Balaban J connectivity index is 2.01. The normalized spacial score (nSPS) is 11.7. The van der Waals surface area contributed by atoms with Crippen LogP contribution in [0.5, 0.6) is 0 Å². The molecule has 6 nitrogen and oxygen atoms in total. The zero-order valence-electron chi connectivity index (χ0n) is 11.3. The number of nitrogens with zero attached hydrogens (tertiary/aromatic N) is 2. The molecule has 0 unspecified atom stereocenters. The van der Waals surface area contributed by atoms with Gasteiger partial charge in [-0.1, -0.05) is 12.1 Å². The molecule has 1 aromatic heterocycles. The van der Waals surface area contributed by atoms with Crippen molar-refractivity contribution in [2.45, 2.75) is 4.90 Å². The van der Waals surface area contributed by atoms with Gasteiger partial charge in [0.1, 0.15) is 0 Å². The summed E-state index contributed by atoms with van der Waals surface area (Å²) in [5, 5.41) is 0. The minimum Gasteiger partial charge on any atom is -0.399 e. The lowest BCUT2D eigenvalue weighted by molar-refractivity contribution is 0.600. The van der Waals surface area contributed by atoms with Crippen LogP contribution < -0.4 is 10.5 Å². The van der Waals surface area contributed by atoms with Gasteiger partial charge in [-0.05, 0) is 36.4 Å². The van der Waals surface area contributed by atoms with Gasteiger partial charge in [-0.25, -0.2) is 18.1 Å². The molecule has 0 saturated carbocycles. The number of anilines is 2. The first-order valence-corrected chi connectivity index (χ1v) is 7.75. The second kappa shape index (κ2) is 4.78. The summed E-state index contributed by atoms with van der Waals surface area (Å²) in [6, 6.07) is 13.4. The van der Waals surface area contributed by atoms with Crippen LogP contribution in [0.15, 0.2) is 53.4 Å². The van der Waals surface area contributed by atoms with Crippen molar-refractivity contribution in [2.24, 2.45) is 7.05 Å². The number of nitrogens with one attached hydrogen (secondary N) is 1. The molecule has 0 fully saturated rings. The summed E-state index contributed by atoms with van der Waals surface area (Å²) in [4.78, 5) is 4.43. The Morgan fingerprint density at radius 2 is 1.76 bits per heavy atom. The molecule has 3 rings (SSSR count). The van der Waals surface area contributed by atoms with Crippen LogP contribution >= 0.6 is 0 Å². The molecule has 0 aliphatic heterocycles. The number of imidazole rings is 1. The summed E-state index contributed by atoms with van der Waals surface area (Å²) >= 11 is 0. The highest BCUT2D eigenvalue weighted by atomic mass is 32.2. The van der Waals surface area contributed by atoms with Crippen molar-refractivity contribution in [3.05, 3.63) is 48.5 Å². The Kier molecular flexibility index (Phi) is 3.06. The Labute approximate surface area is 122 Å². The number of para-hydroxylation sites is 2. The maximum absolute atomic E-state index is 12.3. The third-order valence-corrected chi connectivity index (χ3v) is 4.55. The highest BCUT2D eigenvalue weighted by Gasteiger charge is 2.17. The monoisotopic (exact) mass is 302 g/mol. The molecule has 0 aliphatic carbocycles. The summed E-state index contributed by atoms with van der Waals surface area (Å²) in [7, 11) is -1.93. The van der Waals surface area contributed by atoms with Crippen LogP contribution in [0.25, 0.3) is 11.0 Å². The van der Waals surface area contributed by atoms with E-state index in [0.717, 1.165) is 11.0 Å². The minimum atomic E-state index is -3.69. The molecular formula is C14H14N4O2S. The van der Waals surface area contributed by atoms with E-state index in [1.807, 2.05) is 24.3 Å². The van der Waals surface area contributed by atoms with Gasteiger partial charge in [-0.15, -0.1) is 0 Å². The molecule has 0 bridgehead atoms. The van der Waals surface area contributed by atoms with Crippen molar-refractivity contribution in [3.8, 4) is 0 Å². The average Bonchev–Trinajstić information content (AvgIpc) is 2.76. The van der Waals surface area contributed by atoms with Gasteiger partial charge in [-0.3, -0.25) is 0 Å². The van der Waals surface area contributed by atoms with Gasteiger partial charge < -0.3 is 10.3 Å². The maximum atomic E-state index is 12.3. The molecule has 3 aromatic rings. The molecule has 0 amide bonds. The molecule has 0 saturated heterocycles. The van der Waals surface area contributed by atoms with E-state index >= 15 is 0 Å².